The Labute approximate surface area is 193 Å². The lowest BCUT2D eigenvalue weighted by molar-refractivity contribution is 0.0146. The van der Waals surface area contributed by atoms with Crippen LogP contribution in [0.15, 0.2) is 35.1 Å². The Balaban J connectivity index is 0.000000257. The normalized spacial score (nSPS) is 19.6. The first-order valence-corrected chi connectivity index (χ1v) is 10.9. The fourth-order valence-corrected chi connectivity index (χ4v) is 4.39. The molecule has 0 aromatic carbocycles. The molecule has 0 amide bonds. The third-order valence-electron chi connectivity index (χ3n) is 6.07. The van der Waals surface area contributed by atoms with Crippen LogP contribution in [-0.4, -0.2) is 73.6 Å². The number of aldehydes is 1. The summed E-state index contributed by atoms with van der Waals surface area (Å²) in [5, 5.41) is 12.5. The van der Waals surface area contributed by atoms with Crippen molar-refractivity contribution in [1.29, 1.82) is 0 Å². The van der Waals surface area contributed by atoms with E-state index in [9.17, 15) is 13.6 Å². The van der Waals surface area contributed by atoms with Crippen molar-refractivity contribution in [3.05, 3.63) is 59.3 Å². The highest BCUT2D eigenvalue weighted by Crippen LogP contribution is 2.36. The molecule has 10 nitrogen and oxygen atoms in total. The van der Waals surface area contributed by atoms with E-state index >= 15 is 0 Å². The Bertz CT molecular complexity index is 1310. The molecule has 2 aliphatic rings. The number of carbonyl (C=O) groups is 1. The number of aromatic amines is 1. The maximum Gasteiger partial charge on any atom is 0.319 e. The molecule has 1 N–H and O–H groups in total. The van der Waals surface area contributed by atoms with Crippen LogP contribution in [0.4, 0.5) is 14.8 Å². The maximum atomic E-state index is 12.2. The molecule has 1 saturated heterocycles. The van der Waals surface area contributed by atoms with E-state index in [1.54, 1.807) is 18.3 Å². The number of hydrogen-bond donors (Lipinski definition) is 1. The molecule has 0 radical (unpaired) electrons. The van der Waals surface area contributed by atoms with Crippen molar-refractivity contribution >= 4 is 17.8 Å². The van der Waals surface area contributed by atoms with Gasteiger partial charge in [0, 0.05) is 37.8 Å². The second-order valence-corrected chi connectivity index (χ2v) is 8.59. The Morgan fingerprint density at radius 1 is 1.29 bits per heavy atom. The van der Waals surface area contributed by atoms with E-state index in [2.05, 4.69) is 20.2 Å². The number of alkyl halides is 2. The van der Waals surface area contributed by atoms with Gasteiger partial charge >= 0.3 is 6.01 Å². The van der Waals surface area contributed by atoms with Gasteiger partial charge in [0.15, 0.2) is 0 Å². The van der Waals surface area contributed by atoms with Crippen molar-refractivity contribution in [1.82, 2.24) is 34.7 Å². The van der Waals surface area contributed by atoms with Crippen LogP contribution in [0.2, 0.25) is 0 Å². The predicted octanol–water partition coefficient (Wildman–Crippen LogP) is 2.67. The number of carbonyl (C=O) groups excluding carboxylic acids is 1. The monoisotopic (exact) mass is 470 g/mol. The van der Waals surface area contributed by atoms with Gasteiger partial charge in [-0.25, -0.2) is 18.3 Å². The molecule has 0 spiro atoms. The van der Waals surface area contributed by atoms with Crippen LogP contribution in [0.25, 0.3) is 5.52 Å². The number of nitrogens with one attached hydrogen (secondary N) is 1. The average Bonchev–Trinajstić information content (AvgIpc) is 3.59. The molecule has 6 rings (SSSR count). The number of pyridine rings is 1. The zero-order valence-electron chi connectivity index (χ0n) is 18.8. The molecular weight excluding hydrogens is 446 g/mol. The van der Waals surface area contributed by atoms with Crippen molar-refractivity contribution in [2.45, 2.75) is 31.7 Å². The van der Waals surface area contributed by atoms with E-state index in [4.69, 9.17) is 9.52 Å². The van der Waals surface area contributed by atoms with Crippen LogP contribution < -0.4 is 4.90 Å². The number of aryl methyl sites for hydroxylation is 1. The number of aromatic nitrogens is 6. The number of fused-ring (bicyclic) bond motifs is 2. The number of likely N-dealkylation sites (tertiary alicyclic amines) is 1. The fraction of sp³-hybridized carbons (Fsp3) is 0.409. The Morgan fingerprint density at radius 3 is 2.79 bits per heavy atom. The first kappa shape index (κ1) is 22.1. The smallest absolute Gasteiger partial charge is 0.319 e. The van der Waals surface area contributed by atoms with Crippen LogP contribution in [0.5, 0.6) is 0 Å². The molecule has 178 valence electrons. The topological polar surface area (TPSA) is 108 Å². The summed E-state index contributed by atoms with van der Waals surface area (Å²) in [6.45, 7) is 3.17. The number of hydrogen-bond acceptors (Lipinski definition) is 8. The van der Waals surface area contributed by atoms with E-state index in [-0.39, 0.29) is 24.9 Å². The van der Waals surface area contributed by atoms with Gasteiger partial charge in [0.25, 0.3) is 11.8 Å². The van der Waals surface area contributed by atoms with Gasteiger partial charge in [-0.05, 0) is 31.7 Å². The van der Waals surface area contributed by atoms with Crippen molar-refractivity contribution in [3.63, 3.8) is 0 Å². The van der Waals surface area contributed by atoms with E-state index in [1.165, 1.54) is 0 Å². The minimum absolute atomic E-state index is 0.0312. The van der Waals surface area contributed by atoms with Crippen LogP contribution in [0.3, 0.4) is 0 Å². The highest BCUT2D eigenvalue weighted by Gasteiger charge is 2.37. The van der Waals surface area contributed by atoms with Gasteiger partial charge in [-0.15, -0.1) is 5.10 Å². The number of nitrogens with zero attached hydrogens (tertiary/aromatic N) is 7. The predicted molar refractivity (Wildman–Crippen MR) is 118 cm³/mol. The van der Waals surface area contributed by atoms with Crippen LogP contribution in [-0.2, 0) is 6.42 Å². The van der Waals surface area contributed by atoms with Crippen LogP contribution >= 0.6 is 0 Å². The van der Waals surface area contributed by atoms with E-state index in [0.717, 1.165) is 34.6 Å². The second kappa shape index (κ2) is 8.60. The number of H-pyrrole nitrogens is 1. The number of rotatable bonds is 3. The summed E-state index contributed by atoms with van der Waals surface area (Å²) in [4.78, 5) is 22.2. The molecular formula is C22H24F2N8O2. The Morgan fingerprint density at radius 2 is 2.15 bits per heavy atom. The minimum atomic E-state index is -2.41. The largest absolute Gasteiger partial charge is 0.400 e. The molecule has 2 aliphatic heterocycles. The zero-order chi connectivity index (χ0) is 23.9. The van der Waals surface area contributed by atoms with E-state index < -0.39 is 5.92 Å². The van der Waals surface area contributed by atoms with E-state index in [0.29, 0.717) is 25.4 Å². The summed E-state index contributed by atoms with van der Waals surface area (Å²) in [5.74, 6) is -2.45. The van der Waals surface area contributed by atoms with Crippen LogP contribution in [0, 0.1) is 6.92 Å². The van der Waals surface area contributed by atoms with Gasteiger partial charge < -0.3 is 19.2 Å². The first-order valence-electron chi connectivity index (χ1n) is 10.9. The summed E-state index contributed by atoms with van der Waals surface area (Å²) in [6.07, 6.45) is 4.94. The Kier molecular flexibility index (Phi) is 5.60. The van der Waals surface area contributed by atoms with Gasteiger partial charge in [0.05, 0.1) is 29.8 Å². The molecule has 4 aromatic heterocycles. The lowest BCUT2D eigenvalue weighted by Gasteiger charge is -2.32. The Hall–Kier alpha value is -3.67. The van der Waals surface area contributed by atoms with Crippen molar-refractivity contribution in [2.75, 3.05) is 31.6 Å². The van der Waals surface area contributed by atoms with Gasteiger partial charge in [-0.3, -0.25) is 4.79 Å². The molecule has 12 heteroatoms. The lowest BCUT2D eigenvalue weighted by Crippen LogP contribution is -2.36. The average molecular weight is 470 g/mol. The third kappa shape index (κ3) is 4.16. The van der Waals surface area contributed by atoms with Crippen molar-refractivity contribution < 1.29 is 18.0 Å². The molecule has 6 heterocycles. The molecule has 34 heavy (non-hydrogen) atoms. The number of anilines is 1. The highest BCUT2D eigenvalue weighted by molar-refractivity contribution is 5.67. The molecule has 1 atom stereocenters. The molecule has 0 aliphatic carbocycles. The van der Waals surface area contributed by atoms with Gasteiger partial charge in [-0.2, -0.15) is 5.10 Å². The molecule has 0 bridgehead atoms. The SMILES string of the molecule is CN1CCC(F)(F)C1.Cc1cccn2nc(C3c4nc[nH]c4CCN3c3nnc(C=O)o3)cc12. The highest BCUT2D eigenvalue weighted by atomic mass is 19.3. The number of imidazole rings is 1. The summed E-state index contributed by atoms with van der Waals surface area (Å²) in [6, 6.07) is 6.08. The van der Waals surface area contributed by atoms with Gasteiger partial charge in [0.2, 0.25) is 6.29 Å². The lowest BCUT2D eigenvalue weighted by atomic mass is 10.00. The van der Waals surface area contributed by atoms with Crippen molar-refractivity contribution in [2.24, 2.45) is 0 Å². The fourth-order valence-electron chi connectivity index (χ4n) is 4.39. The van der Waals surface area contributed by atoms with Crippen molar-refractivity contribution in [3.8, 4) is 0 Å². The quantitative estimate of drug-likeness (QED) is 0.456. The van der Waals surface area contributed by atoms with Crippen LogP contribution in [0.1, 0.15) is 45.8 Å². The molecule has 4 aromatic rings. The standard InChI is InChI=1S/C17H15N7O2.C5H9F2N/c1-10-3-2-5-24-13(10)7-12(22-24)16-15-11(18-9-19-15)4-6-23(16)17-21-20-14(8-25)26-17;1-8-3-2-5(6,7)4-8/h2-3,5,7-9,16H,4,6H2,1H3,(H,18,19);2-4H2,1H3. The molecule has 0 saturated carbocycles. The minimum Gasteiger partial charge on any atom is -0.400 e. The number of halogens is 2. The summed E-state index contributed by atoms with van der Waals surface area (Å²) < 4.78 is 31.6. The summed E-state index contributed by atoms with van der Waals surface area (Å²) in [5.41, 5.74) is 4.94. The maximum absolute atomic E-state index is 12.2. The first-order chi connectivity index (χ1) is 16.3. The van der Waals surface area contributed by atoms with E-state index in [1.807, 2.05) is 40.7 Å². The van der Waals surface area contributed by atoms with Gasteiger partial charge in [-0.1, -0.05) is 11.2 Å². The second-order valence-electron chi connectivity index (χ2n) is 8.59. The molecule has 1 unspecified atom stereocenters. The summed E-state index contributed by atoms with van der Waals surface area (Å²) in [7, 11) is 1.71. The third-order valence-corrected chi connectivity index (χ3v) is 6.07. The zero-order valence-corrected chi connectivity index (χ0v) is 18.8. The molecule has 1 fully saturated rings. The van der Waals surface area contributed by atoms with Gasteiger partial charge in [0.1, 0.15) is 6.04 Å². The summed E-state index contributed by atoms with van der Waals surface area (Å²) >= 11 is 0.